The molecule has 0 unspecified atom stereocenters. The van der Waals surface area contributed by atoms with E-state index in [1.54, 1.807) is 25.1 Å². The first-order valence-electron chi connectivity index (χ1n) is 15.7. The van der Waals surface area contributed by atoms with E-state index in [1.165, 1.54) is 31.4 Å². The first-order chi connectivity index (χ1) is 23.1. The number of hydrogen-bond donors (Lipinski definition) is 0. The van der Waals surface area contributed by atoms with Crippen molar-refractivity contribution in [1.29, 1.82) is 0 Å². The van der Waals surface area contributed by atoms with Crippen molar-refractivity contribution in [2.75, 3.05) is 61.0 Å². The second kappa shape index (κ2) is 13.8. The highest BCUT2D eigenvalue weighted by Crippen LogP contribution is 2.40. The summed E-state index contributed by atoms with van der Waals surface area (Å²) in [5.74, 6) is -0.597. The summed E-state index contributed by atoms with van der Waals surface area (Å²) in [5.41, 5.74) is 2.97. The maximum atomic E-state index is 13.8. The monoisotopic (exact) mass is 664 g/mol. The summed E-state index contributed by atoms with van der Waals surface area (Å²) in [6.07, 6.45) is -4.78. The van der Waals surface area contributed by atoms with Gasteiger partial charge >= 0.3 is 12.2 Å². The maximum absolute atomic E-state index is 13.8. The van der Waals surface area contributed by atoms with E-state index in [4.69, 9.17) is 9.47 Å². The van der Waals surface area contributed by atoms with Crippen LogP contribution in [0.4, 0.5) is 18.0 Å². The summed E-state index contributed by atoms with van der Waals surface area (Å²) in [6, 6.07) is 23.8. The van der Waals surface area contributed by atoms with Gasteiger partial charge in [0.2, 0.25) is 0 Å². The molecule has 3 heterocycles. The Labute approximate surface area is 277 Å². The number of amides is 2. The number of fused-ring (bicyclic) bond motifs is 1. The number of tetrazole rings is 1. The van der Waals surface area contributed by atoms with Crippen LogP contribution < -0.4 is 9.47 Å². The number of methoxy groups -OCH3 is 2. The highest BCUT2D eigenvalue weighted by atomic mass is 19.4. The molecule has 1 aromatic heterocycles. The van der Waals surface area contributed by atoms with Gasteiger partial charge in [0.1, 0.15) is 11.4 Å². The van der Waals surface area contributed by atoms with Crippen LogP contribution in [-0.2, 0) is 12.7 Å². The van der Waals surface area contributed by atoms with Gasteiger partial charge in [-0.25, -0.2) is 4.79 Å². The van der Waals surface area contributed by atoms with Gasteiger partial charge in [0, 0.05) is 71.4 Å². The van der Waals surface area contributed by atoms with Gasteiger partial charge in [-0.1, -0.05) is 60.7 Å². The molecule has 254 valence electrons. The van der Waals surface area contributed by atoms with Crippen molar-refractivity contribution in [1.82, 2.24) is 39.8 Å². The molecule has 4 aromatic rings. The van der Waals surface area contributed by atoms with Gasteiger partial charge in [0.05, 0.1) is 19.8 Å². The SMILES string of the molecule is COc1ccc(-n2nnnc2C(F)(F)F)c(OC)c1CN1C[C@@H]2CN(C(=O)N(C)C)CCN2[C@H](C(c2ccccc2)c2ccccc2)C1. The minimum atomic E-state index is -4.78. The lowest BCUT2D eigenvalue weighted by Crippen LogP contribution is -2.67. The lowest BCUT2D eigenvalue weighted by atomic mass is 9.81. The molecule has 2 aliphatic rings. The third-order valence-electron chi connectivity index (χ3n) is 9.18. The number of alkyl halides is 3. The molecule has 2 atom stereocenters. The largest absolute Gasteiger partial charge is 0.496 e. The highest BCUT2D eigenvalue weighted by molar-refractivity contribution is 5.74. The molecule has 2 saturated heterocycles. The van der Waals surface area contributed by atoms with E-state index in [2.05, 4.69) is 49.6 Å². The number of aromatic nitrogens is 4. The Morgan fingerprint density at radius 2 is 1.58 bits per heavy atom. The van der Waals surface area contributed by atoms with Crippen LogP contribution in [0.5, 0.6) is 11.5 Å². The van der Waals surface area contributed by atoms with Gasteiger partial charge in [-0.3, -0.25) is 9.80 Å². The van der Waals surface area contributed by atoms with Crippen LogP contribution in [0.2, 0.25) is 0 Å². The van der Waals surface area contributed by atoms with E-state index in [-0.39, 0.29) is 35.5 Å². The molecule has 3 aromatic carbocycles. The average Bonchev–Trinajstić information content (AvgIpc) is 3.59. The Bertz CT molecular complexity index is 1660. The number of urea groups is 1. The first kappa shape index (κ1) is 33.2. The fourth-order valence-electron chi connectivity index (χ4n) is 7.13. The fraction of sp³-hybridized carbons (Fsp3) is 0.412. The van der Waals surface area contributed by atoms with Gasteiger partial charge in [0.25, 0.3) is 5.82 Å². The molecule has 2 fully saturated rings. The number of rotatable bonds is 8. The van der Waals surface area contributed by atoms with Crippen molar-refractivity contribution in [2.24, 2.45) is 0 Å². The standard InChI is InChI=1S/C34H39F3N8O3/c1-41(2)33(46)43-17-18-44-25(20-43)19-42(22-28(44)30(23-11-7-5-8-12-23)24-13-9-6-10-14-24)21-26-29(47-3)16-15-27(31(26)48-4)45-32(34(35,36)37)38-39-40-45/h5-16,25,28,30H,17-22H2,1-4H3/t25-,28+/m1/s1. The molecule has 2 amide bonds. The minimum absolute atomic E-state index is 0.00663. The summed E-state index contributed by atoms with van der Waals surface area (Å²) in [7, 11) is 6.44. The van der Waals surface area contributed by atoms with Crippen LogP contribution in [-0.4, -0.2) is 119 Å². The van der Waals surface area contributed by atoms with E-state index in [0.29, 0.717) is 55.3 Å². The van der Waals surface area contributed by atoms with Crippen LogP contribution in [0.1, 0.15) is 28.4 Å². The van der Waals surface area contributed by atoms with Gasteiger partial charge < -0.3 is 19.3 Å². The fourth-order valence-corrected chi connectivity index (χ4v) is 7.13. The molecular formula is C34H39F3N8O3. The molecule has 11 nitrogen and oxygen atoms in total. The summed E-state index contributed by atoms with van der Waals surface area (Å²) in [5, 5.41) is 10.2. The van der Waals surface area contributed by atoms with Crippen molar-refractivity contribution >= 4 is 6.03 Å². The van der Waals surface area contributed by atoms with E-state index >= 15 is 0 Å². The van der Waals surface area contributed by atoms with Crippen LogP contribution in [0.25, 0.3) is 5.69 Å². The van der Waals surface area contributed by atoms with Crippen LogP contribution in [0.3, 0.4) is 0 Å². The van der Waals surface area contributed by atoms with E-state index in [0.717, 1.165) is 0 Å². The van der Waals surface area contributed by atoms with Gasteiger partial charge in [-0.2, -0.15) is 17.9 Å². The Morgan fingerprint density at radius 1 is 0.917 bits per heavy atom. The second-order valence-corrected chi connectivity index (χ2v) is 12.3. The Hall–Kier alpha value is -4.69. The number of piperazine rings is 2. The lowest BCUT2D eigenvalue weighted by molar-refractivity contribution is -0.146. The minimum Gasteiger partial charge on any atom is -0.496 e. The normalized spacial score (nSPS) is 18.9. The van der Waals surface area contributed by atoms with Crippen LogP contribution in [0.15, 0.2) is 72.8 Å². The molecule has 0 N–H and O–H groups in total. The maximum Gasteiger partial charge on any atom is 0.453 e. The molecule has 0 radical (unpaired) electrons. The number of ether oxygens (including phenoxy) is 2. The number of carbonyl (C=O) groups excluding carboxylic acids is 1. The van der Waals surface area contributed by atoms with Crippen molar-refractivity contribution in [3.05, 3.63) is 95.3 Å². The second-order valence-electron chi connectivity index (χ2n) is 12.3. The van der Waals surface area contributed by atoms with Crippen LogP contribution >= 0.6 is 0 Å². The lowest BCUT2D eigenvalue weighted by Gasteiger charge is -2.53. The zero-order chi connectivity index (χ0) is 34.0. The number of halogens is 3. The van der Waals surface area contributed by atoms with E-state index in [1.807, 2.05) is 41.3 Å². The molecule has 6 rings (SSSR count). The molecule has 0 aliphatic carbocycles. The Morgan fingerprint density at radius 3 is 2.17 bits per heavy atom. The third-order valence-corrected chi connectivity index (χ3v) is 9.18. The molecule has 0 saturated carbocycles. The number of nitrogens with zero attached hydrogens (tertiary/aromatic N) is 8. The topological polar surface area (TPSA) is 92.1 Å². The summed E-state index contributed by atoms with van der Waals surface area (Å²) >= 11 is 0. The Balaban J connectivity index is 1.42. The summed E-state index contributed by atoms with van der Waals surface area (Å²) in [4.78, 5) is 21.4. The summed E-state index contributed by atoms with van der Waals surface area (Å²) in [6.45, 7) is 3.41. The predicted octanol–water partition coefficient (Wildman–Crippen LogP) is 4.38. The van der Waals surface area contributed by atoms with E-state index in [9.17, 15) is 18.0 Å². The van der Waals surface area contributed by atoms with E-state index < -0.39 is 12.0 Å². The summed E-state index contributed by atoms with van der Waals surface area (Å²) < 4.78 is 53.7. The smallest absolute Gasteiger partial charge is 0.453 e. The molecular weight excluding hydrogens is 625 g/mol. The quantitative estimate of drug-likeness (QED) is 0.274. The van der Waals surface area contributed by atoms with Crippen molar-refractivity contribution in [3.63, 3.8) is 0 Å². The zero-order valence-electron chi connectivity index (χ0n) is 27.3. The number of carbonyl (C=O) groups is 1. The highest BCUT2D eigenvalue weighted by Gasteiger charge is 2.44. The third kappa shape index (κ3) is 6.54. The molecule has 0 bridgehead atoms. The van der Waals surface area contributed by atoms with Crippen molar-refractivity contribution in [3.8, 4) is 17.2 Å². The number of hydrogen-bond acceptors (Lipinski definition) is 8. The molecule has 0 spiro atoms. The Kier molecular flexibility index (Phi) is 9.56. The molecule has 14 heteroatoms. The zero-order valence-corrected chi connectivity index (χ0v) is 27.3. The van der Waals surface area contributed by atoms with Crippen LogP contribution in [0, 0.1) is 0 Å². The average molecular weight is 665 g/mol. The first-order valence-corrected chi connectivity index (χ1v) is 15.7. The number of benzene rings is 3. The predicted molar refractivity (Wildman–Crippen MR) is 172 cm³/mol. The molecule has 48 heavy (non-hydrogen) atoms. The van der Waals surface area contributed by atoms with Gasteiger partial charge in [0.15, 0.2) is 5.75 Å². The molecule has 2 aliphatic heterocycles. The van der Waals surface area contributed by atoms with Gasteiger partial charge in [-0.05, 0) is 33.7 Å². The van der Waals surface area contributed by atoms with Crippen molar-refractivity contribution in [2.45, 2.75) is 30.7 Å². The van der Waals surface area contributed by atoms with Crippen molar-refractivity contribution < 1.29 is 27.4 Å². The van der Waals surface area contributed by atoms with Gasteiger partial charge in [-0.15, -0.1) is 5.10 Å².